The normalized spacial score (nSPS) is 13.8. The van der Waals surface area contributed by atoms with Crippen LogP contribution < -0.4 is 0 Å². The van der Waals surface area contributed by atoms with E-state index in [9.17, 15) is 10.5 Å². The lowest BCUT2D eigenvalue weighted by molar-refractivity contribution is 0.624. The van der Waals surface area contributed by atoms with Gasteiger partial charge in [-0.15, -0.1) is 0 Å². The van der Waals surface area contributed by atoms with Crippen molar-refractivity contribution in [3.63, 3.8) is 0 Å². The summed E-state index contributed by atoms with van der Waals surface area (Å²) in [6.07, 6.45) is 4.42. The van der Waals surface area contributed by atoms with E-state index in [0.717, 1.165) is 33.6 Å². The second-order valence-electron chi connectivity index (χ2n) is 9.37. The fourth-order valence-electron chi connectivity index (χ4n) is 5.07. The lowest BCUT2D eigenvalue weighted by Gasteiger charge is -2.28. The molecule has 0 radical (unpaired) electrons. The molecule has 38 heavy (non-hydrogen) atoms. The number of benzene rings is 3. The summed E-state index contributed by atoms with van der Waals surface area (Å²) in [4.78, 5) is 9.15. The van der Waals surface area contributed by atoms with Crippen molar-refractivity contribution in [2.24, 2.45) is 0 Å². The highest BCUT2D eigenvalue weighted by Crippen LogP contribution is 2.36. The standard InChI is InChI=1S/C34H26N4/c35-25-33(29-11-3-1-4-12-29,31-15-7-9-21-37-31)23-27-17-19-28(20-18-27)24-34(26-36,30-13-5-2-6-14-30)32-16-8-10-22-38-32/h1-22H,23-24H2/t33-,34+. The predicted octanol–water partition coefficient (Wildman–Crippen LogP) is 6.58. The fourth-order valence-corrected chi connectivity index (χ4v) is 5.07. The first kappa shape index (κ1) is 24.6. The van der Waals surface area contributed by atoms with Crippen molar-refractivity contribution >= 4 is 0 Å². The smallest absolute Gasteiger partial charge is 0.128 e. The molecule has 0 fully saturated rings. The minimum atomic E-state index is -0.918. The molecule has 0 aliphatic heterocycles. The van der Waals surface area contributed by atoms with Crippen molar-refractivity contribution in [3.8, 4) is 12.1 Å². The third kappa shape index (κ3) is 4.69. The molecular weight excluding hydrogens is 464 g/mol. The average Bonchev–Trinajstić information content (AvgIpc) is 3.01. The van der Waals surface area contributed by atoms with Crippen LogP contribution in [0.2, 0.25) is 0 Å². The number of pyridine rings is 2. The lowest BCUT2D eigenvalue weighted by atomic mass is 9.72. The summed E-state index contributed by atoms with van der Waals surface area (Å²) in [6.45, 7) is 0. The van der Waals surface area contributed by atoms with Gasteiger partial charge in [0.25, 0.3) is 0 Å². The van der Waals surface area contributed by atoms with E-state index in [-0.39, 0.29) is 0 Å². The van der Waals surface area contributed by atoms with Crippen LogP contribution in [-0.2, 0) is 23.7 Å². The third-order valence-corrected chi connectivity index (χ3v) is 7.08. The van der Waals surface area contributed by atoms with Crippen LogP contribution in [0, 0.1) is 22.7 Å². The van der Waals surface area contributed by atoms with Gasteiger partial charge in [-0.3, -0.25) is 9.97 Å². The minimum absolute atomic E-state index is 0.479. The summed E-state index contributed by atoms with van der Waals surface area (Å²) in [6, 6.07) is 44.5. The van der Waals surface area contributed by atoms with Gasteiger partial charge in [0.05, 0.1) is 23.5 Å². The van der Waals surface area contributed by atoms with Gasteiger partial charge in [-0.2, -0.15) is 10.5 Å². The Morgan fingerprint density at radius 2 is 0.842 bits per heavy atom. The first-order chi connectivity index (χ1) is 18.7. The van der Waals surface area contributed by atoms with Crippen molar-refractivity contribution in [1.82, 2.24) is 9.97 Å². The van der Waals surface area contributed by atoms with Gasteiger partial charge < -0.3 is 0 Å². The SMILES string of the molecule is N#C[C@](Cc1ccc(C[C@](C#N)(c2ccccc2)c2ccccn2)cc1)(c1ccccc1)c1ccccn1. The van der Waals surface area contributed by atoms with E-state index >= 15 is 0 Å². The second-order valence-corrected chi connectivity index (χ2v) is 9.37. The molecule has 5 aromatic rings. The van der Waals surface area contributed by atoms with Gasteiger partial charge in [0, 0.05) is 25.2 Å². The number of hydrogen-bond acceptors (Lipinski definition) is 4. The van der Waals surface area contributed by atoms with Crippen molar-refractivity contribution < 1.29 is 0 Å². The van der Waals surface area contributed by atoms with Gasteiger partial charge in [0.2, 0.25) is 0 Å². The number of nitrogens with zero attached hydrogens (tertiary/aromatic N) is 4. The molecule has 0 saturated carbocycles. The molecule has 0 bridgehead atoms. The highest BCUT2D eigenvalue weighted by molar-refractivity contribution is 5.47. The van der Waals surface area contributed by atoms with Crippen LogP contribution in [0.3, 0.4) is 0 Å². The van der Waals surface area contributed by atoms with Crippen molar-refractivity contribution in [3.05, 3.63) is 167 Å². The monoisotopic (exact) mass is 490 g/mol. The summed E-state index contributed by atoms with van der Waals surface area (Å²) < 4.78 is 0. The molecule has 2 aromatic heterocycles. The van der Waals surface area contributed by atoms with E-state index < -0.39 is 10.8 Å². The van der Waals surface area contributed by atoms with Crippen LogP contribution >= 0.6 is 0 Å². The number of hydrogen-bond donors (Lipinski definition) is 0. The largest absolute Gasteiger partial charge is 0.259 e. The molecule has 2 heterocycles. The van der Waals surface area contributed by atoms with Crippen molar-refractivity contribution in [1.29, 1.82) is 10.5 Å². The molecule has 0 saturated heterocycles. The predicted molar refractivity (Wildman–Crippen MR) is 148 cm³/mol. The fraction of sp³-hybridized carbons (Fsp3) is 0.118. The Balaban J connectivity index is 1.50. The molecule has 182 valence electrons. The van der Waals surface area contributed by atoms with E-state index in [4.69, 9.17) is 0 Å². The minimum Gasteiger partial charge on any atom is -0.259 e. The molecule has 0 aliphatic rings. The van der Waals surface area contributed by atoms with E-state index in [2.05, 4.69) is 46.4 Å². The Morgan fingerprint density at radius 1 is 0.474 bits per heavy atom. The Bertz CT molecular complexity index is 1350. The maximum atomic E-state index is 10.5. The van der Waals surface area contributed by atoms with Crippen LogP contribution in [0.15, 0.2) is 134 Å². The summed E-state index contributed by atoms with van der Waals surface area (Å²) in [5, 5.41) is 21.0. The molecule has 4 heteroatoms. The zero-order valence-electron chi connectivity index (χ0n) is 20.9. The molecule has 3 aromatic carbocycles. The molecule has 0 spiro atoms. The van der Waals surface area contributed by atoms with Crippen molar-refractivity contribution in [2.75, 3.05) is 0 Å². The van der Waals surface area contributed by atoms with Gasteiger partial charge in [-0.25, -0.2) is 0 Å². The Kier molecular flexibility index (Phi) is 7.07. The summed E-state index contributed by atoms with van der Waals surface area (Å²) in [7, 11) is 0. The molecule has 2 atom stereocenters. The Labute approximate surface area is 223 Å². The molecule has 5 rings (SSSR count). The van der Waals surface area contributed by atoms with Crippen LogP contribution in [0.4, 0.5) is 0 Å². The van der Waals surface area contributed by atoms with Gasteiger partial charge in [-0.05, 0) is 46.5 Å². The molecule has 0 unspecified atom stereocenters. The number of aromatic nitrogens is 2. The van der Waals surface area contributed by atoms with E-state index in [1.807, 2.05) is 97.1 Å². The van der Waals surface area contributed by atoms with Crippen molar-refractivity contribution in [2.45, 2.75) is 23.7 Å². The molecule has 0 N–H and O–H groups in total. The van der Waals surface area contributed by atoms with E-state index in [1.54, 1.807) is 12.4 Å². The number of rotatable bonds is 8. The maximum Gasteiger partial charge on any atom is 0.128 e. The zero-order chi connectivity index (χ0) is 26.3. The summed E-state index contributed by atoms with van der Waals surface area (Å²) in [5.41, 5.74) is 3.47. The van der Waals surface area contributed by atoms with Crippen LogP contribution in [0.25, 0.3) is 0 Å². The molecule has 4 nitrogen and oxygen atoms in total. The highest BCUT2D eigenvalue weighted by Gasteiger charge is 2.38. The van der Waals surface area contributed by atoms with Crippen LogP contribution in [0.5, 0.6) is 0 Å². The zero-order valence-corrected chi connectivity index (χ0v) is 20.9. The van der Waals surface area contributed by atoms with Gasteiger partial charge in [0.1, 0.15) is 10.8 Å². The molecule has 0 aliphatic carbocycles. The quantitative estimate of drug-likeness (QED) is 0.246. The van der Waals surface area contributed by atoms with Gasteiger partial charge in [-0.1, -0.05) is 97.1 Å². The van der Waals surface area contributed by atoms with E-state index in [1.165, 1.54) is 0 Å². The Hall–Kier alpha value is -5.06. The summed E-state index contributed by atoms with van der Waals surface area (Å²) in [5.74, 6) is 0. The first-order valence-electron chi connectivity index (χ1n) is 12.5. The van der Waals surface area contributed by atoms with Crippen LogP contribution in [-0.4, -0.2) is 9.97 Å². The molecule has 0 amide bonds. The first-order valence-corrected chi connectivity index (χ1v) is 12.5. The third-order valence-electron chi connectivity index (χ3n) is 7.08. The van der Waals surface area contributed by atoms with Crippen LogP contribution in [0.1, 0.15) is 33.6 Å². The molecular formula is C34H26N4. The highest BCUT2D eigenvalue weighted by atomic mass is 14.7. The maximum absolute atomic E-state index is 10.5. The topological polar surface area (TPSA) is 73.4 Å². The second kappa shape index (κ2) is 10.9. The Morgan fingerprint density at radius 3 is 1.16 bits per heavy atom. The average molecular weight is 491 g/mol. The van der Waals surface area contributed by atoms with E-state index in [0.29, 0.717) is 12.8 Å². The van der Waals surface area contributed by atoms with Gasteiger partial charge in [0.15, 0.2) is 0 Å². The number of nitriles is 2. The summed E-state index contributed by atoms with van der Waals surface area (Å²) >= 11 is 0. The lowest BCUT2D eigenvalue weighted by Crippen LogP contribution is -2.30. The van der Waals surface area contributed by atoms with Gasteiger partial charge >= 0.3 is 0 Å².